The Labute approximate surface area is 162 Å². The molecule has 0 heterocycles. The summed E-state index contributed by atoms with van der Waals surface area (Å²) in [5.74, 6) is -0.113. The van der Waals surface area contributed by atoms with Crippen LogP contribution in [0.15, 0.2) is 46.9 Å². The highest BCUT2D eigenvalue weighted by Gasteiger charge is 2.10. The van der Waals surface area contributed by atoms with E-state index in [9.17, 15) is 9.59 Å². The minimum absolute atomic E-state index is 0.0447. The average molecular weight is 418 g/mol. The summed E-state index contributed by atoms with van der Waals surface area (Å²) in [5.41, 5.74) is 8.62. The summed E-state index contributed by atoms with van der Waals surface area (Å²) in [6.45, 7) is 2.51. The first-order valence-corrected chi connectivity index (χ1v) is 9.46. The van der Waals surface area contributed by atoms with Crippen LogP contribution in [0.1, 0.15) is 41.6 Å². The molecule has 0 aliphatic heterocycles. The molecule has 0 unspecified atom stereocenters. The highest BCUT2D eigenvalue weighted by molar-refractivity contribution is 9.10. The molecule has 5 nitrogen and oxygen atoms in total. The molecule has 0 atom stereocenters. The molecule has 0 aliphatic carbocycles. The minimum Gasteiger partial charge on any atom is -0.397 e. The molecule has 0 radical (unpaired) electrons. The number of nitrogens with two attached hydrogens (primary N) is 1. The summed E-state index contributed by atoms with van der Waals surface area (Å²) in [7, 11) is 0. The lowest BCUT2D eigenvalue weighted by atomic mass is 10.1. The fraction of sp³-hybridized carbons (Fsp3) is 0.300. The Bertz CT molecular complexity index is 777. The quantitative estimate of drug-likeness (QED) is 0.442. The van der Waals surface area contributed by atoms with Crippen LogP contribution in [0.3, 0.4) is 0 Å². The molecule has 2 aromatic carbocycles. The monoisotopic (exact) mass is 417 g/mol. The summed E-state index contributed by atoms with van der Waals surface area (Å²) >= 11 is 3.43. The summed E-state index contributed by atoms with van der Waals surface area (Å²) in [5, 5.41) is 5.74. The fourth-order valence-electron chi connectivity index (χ4n) is 2.56. The van der Waals surface area contributed by atoms with Gasteiger partial charge in [-0.05, 0) is 49.6 Å². The number of amides is 2. The van der Waals surface area contributed by atoms with E-state index in [1.165, 1.54) is 0 Å². The third kappa shape index (κ3) is 5.88. The molecule has 0 spiro atoms. The number of hydrogen-bond acceptors (Lipinski definition) is 3. The highest BCUT2D eigenvalue weighted by atomic mass is 79.9. The number of carbonyl (C=O) groups is 2. The van der Waals surface area contributed by atoms with Crippen LogP contribution in [0.25, 0.3) is 0 Å². The first kappa shape index (κ1) is 20.0. The van der Waals surface area contributed by atoms with Crippen LogP contribution in [0.5, 0.6) is 0 Å². The van der Waals surface area contributed by atoms with E-state index < -0.39 is 0 Å². The van der Waals surface area contributed by atoms with Gasteiger partial charge in [-0.2, -0.15) is 0 Å². The van der Waals surface area contributed by atoms with Crippen molar-refractivity contribution in [2.45, 2.75) is 32.6 Å². The molecule has 0 fully saturated rings. The Hall–Kier alpha value is -2.34. The van der Waals surface area contributed by atoms with Crippen LogP contribution >= 0.6 is 15.9 Å². The molecule has 0 bridgehead atoms. The summed E-state index contributed by atoms with van der Waals surface area (Å²) in [6.07, 6.45) is 2.91. The van der Waals surface area contributed by atoms with Crippen LogP contribution in [-0.2, 0) is 4.79 Å². The standard InChI is InChI=1S/C20H24BrN3O2/c1-14-15(8-7-9-16(14)21)20(26)23-13-6-2-3-12-19(25)24-18-11-5-4-10-17(18)22/h4-5,7-11H,2-3,6,12-13,22H2,1H3,(H,23,26)(H,24,25). The molecule has 6 heteroatoms. The first-order chi connectivity index (χ1) is 12.5. The Morgan fingerprint density at radius 2 is 1.81 bits per heavy atom. The van der Waals surface area contributed by atoms with Crippen LogP contribution in [0, 0.1) is 6.92 Å². The van der Waals surface area contributed by atoms with Gasteiger partial charge in [0.05, 0.1) is 11.4 Å². The number of halogens is 1. The number of anilines is 2. The highest BCUT2D eigenvalue weighted by Crippen LogP contribution is 2.19. The summed E-state index contributed by atoms with van der Waals surface area (Å²) in [4.78, 5) is 24.1. The molecule has 0 saturated heterocycles. The Morgan fingerprint density at radius 3 is 2.58 bits per heavy atom. The van der Waals surface area contributed by atoms with E-state index in [1.807, 2.05) is 37.3 Å². The number of hydrogen-bond donors (Lipinski definition) is 3. The average Bonchev–Trinajstić information content (AvgIpc) is 2.62. The normalized spacial score (nSPS) is 10.4. The number of nitrogens with one attached hydrogen (secondary N) is 2. The predicted octanol–water partition coefficient (Wildman–Crippen LogP) is 4.27. The topological polar surface area (TPSA) is 84.2 Å². The van der Waals surface area contributed by atoms with Crippen molar-refractivity contribution in [1.29, 1.82) is 0 Å². The molecule has 0 aliphatic rings. The number of carbonyl (C=O) groups excluding carboxylic acids is 2. The van der Waals surface area contributed by atoms with Crippen LogP contribution < -0.4 is 16.4 Å². The summed E-state index contributed by atoms with van der Waals surface area (Å²) < 4.78 is 0.926. The van der Waals surface area contributed by atoms with Crippen molar-refractivity contribution in [3.05, 3.63) is 58.1 Å². The van der Waals surface area contributed by atoms with Gasteiger partial charge in [0, 0.05) is 23.0 Å². The van der Waals surface area contributed by atoms with E-state index >= 15 is 0 Å². The van der Waals surface area contributed by atoms with Gasteiger partial charge in [-0.25, -0.2) is 0 Å². The number of nitrogen functional groups attached to an aromatic ring is 1. The van der Waals surface area contributed by atoms with E-state index in [1.54, 1.807) is 12.1 Å². The number of unbranched alkanes of at least 4 members (excludes halogenated alkanes) is 2. The molecule has 2 aromatic rings. The smallest absolute Gasteiger partial charge is 0.251 e. The van der Waals surface area contributed by atoms with Gasteiger partial charge >= 0.3 is 0 Å². The molecular weight excluding hydrogens is 394 g/mol. The van der Waals surface area contributed by atoms with Crippen molar-refractivity contribution >= 4 is 39.1 Å². The largest absolute Gasteiger partial charge is 0.397 e. The number of para-hydroxylation sites is 2. The molecule has 4 N–H and O–H groups in total. The van der Waals surface area contributed by atoms with Gasteiger partial charge in [0.1, 0.15) is 0 Å². The SMILES string of the molecule is Cc1c(Br)cccc1C(=O)NCCCCCC(=O)Nc1ccccc1N. The maximum atomic E-state index is 12.2. The predicted molar refractivity (Wildman–Crippen MR) is 109 cm³/mol. The number of benzene rings is 2. The number of rotatable bonds is 8. The second-order valence-corrected chi connectivity index (χ2v) is 6.97. The minimum atomic E-state index is -0.0684. The zero-order valence-corrected chi connectivity index (χ0v) is 16.4. The van der Waals surface area contributed by atoms with Crippen molar-refractivity contribution < 1.29 is 9.59 Å². The second kappa shape index (κ2) is 9.97. The van der Waals surface area contributed by atoms with Gasteiger partial charge in [0.25, 0.3) is 5.91 Å². The molecule has 2 amide bonds. The van der Waals surface area contributed by atoms with E-state index in [4.69, 9.17) is 5.73 Å². The van der Waals surface area contributed by atoms with Crippen molar-refractivity contribution in [1.82, 2.24) is 5.32 Å². The first-order valence-electron chi connectivity index (χ1n) is 8.66. The zero-order valence-electron chi connectivity index (χ0n) is 14.8. The molecule has 0 aromatic heterocycles. The third-order valence-corrected chi connectivity index (χ3v) is 4.97. The molecular formula is C20H24BrN3O2. The van der Waals surface area contributed by atoms with Gasteiger partial charge in [0.15, 0.2) is 0 Å². The molecule has 2 rings (SSSR count). The lowest BCUT2D eigenvalue weighted by Crippen LogP contribution is -2.25. The fourth-order valence-corrected chi connectivity index (χ4v) is 2.93. The maximum Gasteiger partial charge on any atom is 0.251 e. The Morgan fingerprint density at radius 1 is 1.04 bits per heavy atom. The third-order valence-electron chi connectivity index (χ3n) is 4.11. The van der Waals surface area contributed by atoms with Crippen LogP contribution in [0.4, 0.5) is 11.4 Å². The zero-order chi connectivity index (χ0) is 18.9. The van der Waals surface area contributed by atoms with Crippen LogP contribution in [-0.4, -0.2) is 18.4 Å². The lowest BCUT2D eigenvalue weighted by molar-refractivity contribution is -0.116. The Balaban J connectivity index is 1.63. The van der Waals surface area contributed by atoms with Gasteiger partial charge in [0.2, 0.25) is 5.91 Å². The summed E-state index contributed by atoms with van der Waals surface area (Å²) in [6, 6.07) is 12.8. The van der Waals surface area contributed by atoms with E-state index in [2.05, 4.69) is 26.6 Å². The van der Waals surface area contributed by atoms with E-state index in [-0.39, 0.29) is 11.8 Å². The van der Waals surface area contributed by atoms with E-state index in [0.717, 1.165) is 29.3 Å². The lowest BCUT2D eigenvalue weighted by Gasteiger charge is -2.09. The van der Waals surface area contributed by atoms with Gasteiger partial charge in [-0.1, -0.05) is 40.5 Å². The van der Waals surface area contributed by atoms with Gasteiger partial charge in [-0.15, -0.1) is 0 Å². The maximum absolute atomic E-state index is 12.2. The van der Waals surface area contributed by atoms with Crippen molar-refractivity contribution in [2.75, 3.05) is 17.6 Å². The van der Waals surface area contributed by atoms with Crippen LogP contribution in [0.2, 0.25) is 0 Å². The second-order valence-electron chi connectivity index (χ2n) is 6.11. The van der Waals surface area contributed by atoms with Gasteiger partial charge < -0.3 is 16.4 Å². The van der Waals surface area contributed by atoms with E-state index in [0.29, 0.717) is 29.9 Å². The van der Waals surface area contributed by atoms with Gasteiger partial charge in [-0.3, -0.25) is 9.59 Å². The van der Waals surface area contributed by atoms with Crippen molar-refractivity contribution in [2.24, 2.45) is 0 Å². The molecule has 26 heavy (non-hydrogen) atoms. The van der Waals surface area contributed by atoms with Crippen molar-refractivity contribution in [3.63, 3.8) is 0 Å². The molecule has 0 saturated carbocycles. The Kier molecular flexibility index (Phi) is 7.66. The van der Waals surface area contributed by atoms with Crippen molar-refractivity contribution in [3.8, 4) is 0 Å². The molecule has 138 valence electrons.